The van der Waals surface area contributed by atoms with Crippen molar-refractivity contribution in [2.24, 2.45) is 5.84 Å². The Bertz CT molecular complexity index is 121. The van der Waals surface area contributed by atoms with Crippen molar-refractivity contribution < 1.29 is 13.5 Å². The molecule has 0 fully saturated rings. The molecule has 0 spiro atoms. The van der Waals surface area contributed by atoms with Crippen LogP contribution in [-0.2, 0) is 4.74 Å². The molecule has 0 heterocycles. The zero-order valence-corrected chi connectivity index (χ0v) is 7.57. The lowest BCUT2D eigenvalue weighted by molar-refractivity contribution is 0.00124. The van der Waals surface area contributed by atoms with Gasteiger partial charge in [0.05, 0.1) is 6.61 Å². The van der Waals surface area contributed by atoms with Gasteiger partial charge in [0, 0.05) is 6.61 Å². The highest BCUT2D eigenvalue weighted by molar-refractivity contribution is 6.22. The lowest BCUT2D eigenvalue weighted by Crippen LogP contribution is -2.48. The molecule has 0 aromatic heterocycles. The van der Waals surface area contributed by atoms with Crippen molar-refractivity contribution in [2.45, 2.75) is 24.8 Å². The first kappa shape index (κ1) is 12.0. The Labute approximate surface area is 75.2 Å². The number of nitrogens with one attached hydrogen (secondary N) is 1. The number of rotatable bonds is 6. The summed E-state index contributed by atoms with van der Waals surface area (Å²) in [4.78, 5) is 0. The molecule has 3 N–H and O–H groups in total. The molecule has 3 nitrogen and oxygen atoms in total. The molecular weight excluding hydrogens is 190 g/mol. The van der Waals surface area contributed by atoms with Crippen LogP contribution in [0.15, 0.2) is 0 Å². The van der Waals surface area contributed by atoms with E-state index in [0.717, 1.165) is 6.42 Å². The third-order valence-corrected chi connectivity index (χ3v) is 1.49. The highest BCUT2D eigenvalue weighted by Crippen LogP contribution is 2.23. The molecule has 0 aliphatic carbocycles. The van der Waals surface area contributed by atoms with Gasteiger partial charge in [0.2, 0.25) is 0 Å². The number of alkyl halides is 3. The van der Waals surface area contributed by atoms with E-state index >= 15 is 0 Å². The van der Waals surface area contributed by atoms with Crippen LogP contribution in [0, 0.1) is 0 Å². The Balaban J connectivity index is 3.68. The number of hydrogen-bond donors (Lipinski definition) is 2. The first-order chi connectivity index (χ1) is 5.52. The van der Waals surface area contributed by atoms with E-state index in [-0.39, 0.29) is 6.61 Å². The molecule has 0 aromatic carbocycles. The normalized spacial score (nSPS) is 14.8. The summed E-state index contributed by atoms with van der Waals surface area (Å²) in [5.74, 6) is 4.85. The van der Waals surface area contributed by atoms with Crippen molar-refractivity contribution >= 4 is 11.6 Å². The second-order valence-corrected chi connectivity index (χ2v) is 2.84. The SMILES string of the molecule is CCCOCC(NN)C(F)(F)Cl. The molecule has 0 bridgehead atoms. The highest BCUT2D eigenvalue weighted by atomic mass is 35.5. The number of hydrazine groups is 1. The summed E-state index contributed by atoms with van der Waals surface area (Å²) in [5.41, 5.74) is 1.89. The number of nitrogens with two attached hydrogens (primary N) is 1. The largest absolute Gasteiger partial charge is 0.379 e. The van der Waals surface area contributed by atoms with Crippen LogP contribution in [0.5, 0.6) is 0 Å². The fourth-order valence-corrected chi connectivity index (χ4v) is 0.709. The maximum absolute atomic E-state index is 12.4. The molecule has 0 aromatic rings. The minimum Gasteiger partial charge on any atom is -0.379 e. The molecule has 0 aliphatic heterocycles. The van der Waals surface area contributed by atoms with Crippen LogP contribution in [0.1, 0.15) is 13.3 Å². The van der Waals surface area contributed by atoms with Gasteiger partial charge in [-0.05, 0) is 18.0 Å². The molecule has 1 atom stereocenters. The second-order valence-electron chi connectivity index (χ2n) is 2.34. The molecule has 0 amide bonds. The summed E-state index contributed by atoms with van der Waals surface area (Å²) < 4.78 is 29.6. The van der Waals surface area contributed by atoms with Crippen molar-refractivity contribution in [1.82, 2.24) is 5.43 Å². The van der Waals surface area contributed by atoms with Crippen LogP contribution in [-0.4, -0.2) is 24.6 Å². The topological polar surface area (TPSA) is 47.3 Å². The third-order valence-electron chi connectivity index (χ3n) is 1.23. The van der Waals surface area contributed by atoms with Gasteiger partial charge in [0.1, 0.15) is 6.04 Å². The van der Waals surface area contributed by atoms with E-state index in [4.69, 9.17) is 22.2 Å². The lowest BCUT2D eigenvalue weighted by atomic mass is 10.3. The van der Waals surface area contributed by atoms with E-state index in [1.54, 1.807) is 0 Å². The summed E-state index contributed by atoms with van der Waals surface area (Å²) in [5, 5.41) is -3.37. The molecule has 0 radical (unpaired) electrons. The highest BCUT2D eigenvalue weighted by Gasteiger charge is 2.36. The molecule has 0 saturated heterocycles. The van der Waals surface area contributed by atoms with Crippen molar-refractivity contribution in [3.8, 4) is 0 Å². The fraction of sp³-hybridized carbons (Fsp3) is 1.00. The zero-order valence-electron chi connectivity index (χ0n) is 6.82. The predicted molar refractivity (Wildman–Crippen MR) is 43.0 cm³/mol. The van der Waals surface area contributed by atoms with Crippen LogP contribution in [0.25, 0.3) is 0 Å². The predicted octanol–water partition coefficient (Wildman–Crippen LogP) is 1.08. The first-order valence-corrected chi connectivity index (χ1v) is 4.00. The second kappa shape index (κ2) is 5.64. The molecule has 12 heavy (non-hydrogen) atoms. The summed E-state index contributed by atoms with van der Waals surface area (Å²) in [7, 11) is 0. The monoisotopic (exact) mass is 202 g/mol. The van der Waals surface area contributed by atoms with Gasteiger partial charge in [-0.15, -0.1) is 0 Å². The molecule has 6 heteroatoms. The molecule has 74 valence electrons. The van der Waals surface area contributed by atoms with Crippen LogP contribution in [0.4, 0.5) is 8.78 Å². The van der Waals surface area contributed by atoms with Crippen LogP contribution < -0.4 is 11.3 Å². The standard InChI is InChI=1S/C6H13ClF2N2O/c1-2-3-12-4-5(11-10)6(7,8)9/h5,11H,2-4,10H2,1H3. The minimum atomic E-state index is -3.37. The van der Waals surface area contributed by atoms with E-state index in [2.05, 4.69) is 0 Å². The number of hydrogen-bond acceptors (Lipinski definition) is 3. The molecule has 1 unspecified atom stereocenters. The maximum atomic E-state index is 12.4. The molecule has 0 rings (SSSR count). The molecule has 0 aliphatic rings. The first-order valence-electron chi connectivity index (χ1n) is 3.63. The van der Waals surface area contributed by atoms with Crippen LogP contribution in [0.2, 0.25) is 0 Å². The van der Waals surface area contributed by atoms with E-state index < -0.39 is 11.4 Å². The van der Waals surface area contributed by atoms with E-state index in [1.807, 2.05) is 12.3 Å². The smallest absolute Gasteiger partial charge is 0.340 e. The summed E-state index contributed by atoms with van der Waals surface area (Å²) in [6, 6.07) is -1.34. The Morgan fingerprint density at radius 2 is 2.25 bits per heavy atom. The molecule has 0 saturated carbocycles. The molecular formula is C6H13ClF2N2O. The Hall–Kier alpha value is 0.0300. The van der Waals surface area contributed by atoms with E-state index in [1.165, 1.54) is 0 Å². The summed E-state index contributed by atoms with van der Waals surface area (Å²) >= 11 is 4.72. The van der Waals surface area contributed by atoms with Gasteiger partial charge in [-0.1, -0.05) is 6.92 Å². The van der Waals surface area contributed by atoms with Crippen molar-refractivity contribution in [2.75, 3.05) is 13.2 Å². The number of ether oxygens (including phenoxy) is 1. The maximum Gasteiger partial charge on any atom is 0.340 e. The van der Waals surface area contributed by atoms with Gasteiger partial charge in [0.15, 0.2) is 0 Å². The minimum absolute atomic E-state index is 0.194. The third kappa shape index (κ3) is 4.82. The number of halogens is 3. The zero-order chi connectivity index (χ0) is 9.61. The lowest BCUT2D eigenvalue weighted by Gasteiger charge is -2.20. The van der Waals surface area contributed by atoms with Crippen LogP contribution >= 0.6 is 11.6 Å². The Morgan fingerprint density at radius 1 is 1.67 bits per heavy atom. The average molecular weight is 203 g/mol. The Kier molecular flexibility index (Phi) is 5.65. The van der Waals surface area contributed by atoms with Crippen molar-refractivity contribution in [3.63, 3.8) is 0 Å². The van der Waals surface area contributed by atoms with Gasteiger partial charge in [-0.25, -0.2) is 5.43 Å². The van der Waals surface area contributed by atoms with Gasteiger partial charge >= 0.3 is 5.38 Å². The van der Waals surface area contributed by atoms with Gasteiger partial charge < -0.3 is 4.74 Å². The van der Waals surface area contributed by atoms with Gasteiger partial charge in [-0.2, -0.15) is 8.78 Å². The average Bonchev–Trinajstić information content (AvgIpc) is 1.95. The van der Waals surface area contributed by atoms with Crippen molar-refractivity contribution in [3.05, 3.63) is 0 Å². The van der Waals surface area contributed by atoms with E-state index in [0.29, 0.717) is 6.61 Å². The van der Waals surface area contributed by atoms with Crippen LogP contribution in [0.3, 0.4) is 0 Å². The van der Waals surface area contributed by atoms with Crippen molar-refractivity contribution in [1.29, 1.82) is 0 Å². The van der Waals surface area contributed by atoms with E-state index in [9.17, 15) is 8.78 Å². The quantitative estimate of drug-likeness (QED) is 0.293. The van der Waals surface area contributed by atoms with Gasteiger partial charge in [-0.3, -0.25) is 5.84 Å². The fourth-order valence-electron chi connectivity index (χ4n) is 0.583. The summed E-state index contributed by atoms with van der Waals surface area (Å²) in [6.45, 7) is 2.11. The Morgan fingerprint density at radius 3 is 2.58 bits per heavy atom. The summed E-state index contributed by atoms with van der Waals surface area (Å²) in [6.07, 6.45) is 0.769. The van der Waals surface area contributed by atoms with Gasteiger partial charge in [0.25, 0.3) is 0 Å².